The molecule has 0 saturated carbocycles. The minimum atomic E-state index is 0.722. The highest BCUT2D eigenvalue weighted by Crippen LogP contribution is 2.30. The molecule has 0 spiro atoms. The number of thiocarbonyl (C=S) groups is 1. The van der Waals surface area contributed by atoms with Gasteiger partial charge in [-0.3, -0.25) is 0 Å². The predicted molar refractivity (Wildman–Crippen MR) is 99.3 cm³/mol. The number of methoxy groups -OCH3 is 1. The number of halogens is 1. The van der Waals surface area contributed by atoms with Gasteiger partial charge in [0.25, 0.3) is 0 Å². The lowest BCUT2D eigenvalue weighted by Gasteiger charge is -2.38. The second-order valence-corrected chi connectivity index (χ2v) is 6.84. The van der Waals surface area contributed by atoms with E-state index < -0.39 is 0 Å². The second kappa shape index (κ2) is 6.77. The van der Waals surface area contributed by atoms with Gasteiger partial charge in [0.05, 0.1) is 19.7 Å². The van der Waals surface area contributed by atoms with Crippen LogP contribution in [0.5, 0.6) is 5.75 Å². The van der Waals surface area contributed by atoms with E-state index in [0.29, 0.717) is 0 Å². The highest BCUT2D eigenvalue weighted by atomic mass is 35.5. The summed E-state index contributed by atoms with van der Waals surface area (Å²) in [5.41, 5.74) is 2.20. The van der Waals surface area contributed by atoms with Crippen molar-refractivity contribution in [2.75, 3.05) is 29.5 Å². The van der Waals surface area contributed by atoms with Gasteiger partial charge >= 0.3 is 0 Å². The summed E-state index contributed by atoms with van der Waals surface area (Å²) in [5, 5.41) is 0.728. The molecule has 0 atom stereocenters. The fourth-order valence-corrected chi connectivity index (χ4v) is 3.50. The van der Waals surface area contributed by atoms with Crippen molar-refractivity contribution in [2.24, 2.45) is 0 Å². The van der Waals surface area contributed by atoms with Crippen molar-refractivity contribution in [3.05, 3.63) is 53.6 Å². The van der Waals surface area contributed by atoms with Crippen LogP contribution in [0, 0.1) is 0 Å². The molecule has 1 aliphatic heterocycles. The molecule has 1 fully saturated rings. The van der Waals surface area contributed by atoms with Gasteiger partial charge in [-0.2, -0.15) is 0 Å². The summed E-state index contributed by atoms with van der Waals surface area (Å²) in [7, 11) is 1.67. The Morgan fingerprint density at radius 3 is 2.32 bits per heavy atom. The molecule has 0 bridgehead atoms. The minimum Gasteiger partial charge on any atom is -0.497 e. The number of hydrogen-bond donors (Lipinski definition) is 0. The third kappa shape index (κ3) is 3.32. The van der Waals surface area contributed by atoms with Crippen LogP contribution >= 0.6 is 35.6 Å². The predicted octanol–water partition coefficient (Wildman–Crippen LogP) is 4.61. The molecule has 2 aromatic rings. The van der Waals surface area contributed by atoms with Gasteiger partial charge in [-0.25, -0.2) is 0 Å². The number of rotatable bonds is 3. The Balaban J connectivity index is 1.80. The van der Waals surface area contributed by atoms with E-state index >= 15 is 0 Å². The smallest absolute Gasteiger partial charge is 0.144 e. The zero-order valence-electron chi connectivity index (χ0n) is 12.0. The molecule has 1 saturated heterocycles. The van der Waals surface area contributed by atoms with Crippen LogP contribution in [0.25, 0.3) is 0 Å². The highest BCUT2D eigenvalue weighted by Gasteiger charge is 2.23. The Morgan fingerprint density at radius 1 is 1.05 bits per heavy atom. The summed E-state index contributed by atoms with van der Waals surface area (Å²) >= 11 is 13.1. The standard InChI is InChI=1S/C16H15ClN2OS2/c1-20-15-8-6-13(7-9-15)18-10-19(16(21)22-11-18)14-4-2-12(17)3-5-14/h2-9H,10-11H2,1H3. The number of thioether (sulfide) groups is 1. The summed E-state index contributed by atoms with van der Waals surface area (Å²) < 4.78 is 6.09. The third-order valence-corrected chi connectivity index (χ3v) is 5.19. The molecule has 0 amide bonds. The maximum atomic E-state index is 5.96. The van der Waals surface area contributed by atoms with Crippen LogP contribution in [0.3, 0.4) is 0 Å². The Morgan fingerprint density at radius 2 is 1.68 bits per heavy atom. The van der Waals surface area contributed by atoms with E-state index in [1.807, 2.05) is 36.4 Å². The summed E-state index contributed by atoms with van der Waals surface area (Å²) in [4.78, 5) is 4.39. The molecule has 0 aliphatic carbocycles. The first kappa shape index (κ1) is 15.5. The van der Waals surface area contributed by atoms with E-state index in [0.717, 1.165) is 39.0 Å². The van der Waals surface area contributed by atoms with Crippen molar-refractivity contribution in [3.8, 4) is 5.75 Å². The third-order valence-electron chi connectivity index (χ3n) is 3.45. The number of hydrogen-bond acceptors (Lipinski definition) is 4. The van der Waals surface area contributed by atoms with Crippen LogP contribution < -0.4 is 14.5 Å². The molecule has 114 valence electrons. The lowest BCUT2D eigenvalue weighted by Crippen LogP contribution is -2.45. The lowest BCUT2D eigenvalue weighted by atomic mass is 10.3. The maximum Gasteiger partial charge on any atom is 0.144 e. The molecular formula is C16H15ClN2OS2. The molecular weight excluding hydrogens is 336 g/mol. The lowest BCUT2D eigenvalue weighted by molar-refractivity contribution is 0.415. The normalized spacial score (nSPS) is 15.1. The molecule has 1 aliphatic rings. The van der Waals surface area contributed by atoms with E-state index in [1.54, 1.807) is 18.9 Å². The average Bonchev–Trinajstić information content (AvgIpc) is 2.56. The highest BCUT2D eigenvalue weighted by molar-refractivity contribution is 8.23. The van der Waals surface area contributed by atoms with Gasteiger partial charge in [0.2, 0.25) is 0 Å². The fraction of sp³-hybridized carbons (Fsp3) is 0.188. The number of benzene rings is 2. The SMILES string of the molecule is COc1ccc(N2CSC(=S)N(c3ccc(Cl)cc3)C2)cc1. The summed E-state index contributed by atoms with van der Waals surface area (Å²) in [6.07, 6.45) is 0. The minimum absolute atomic E-state index is 0.722. The Hall–Kier alpha value is -1.43. The molecule has 3 rings (SSSR count). The monoisotopic (exact) mass is 350 g/mol. The van der Waals surface area contributed by atoms with Crippen molar-refractivity contribution < 1.29 is 4.74 Å². The number of nitrogens with zero attached hydrogens (tertiary/aromatic N) is 2. The zero-order valence-corrected chi connectivity index (χ0v) is 14.4. The summed E-state index contributed by atoms with van der Waals surface area (Å²) in [6.45, 7) is 0.722. The van der Waals surface area contributed by atoms with Gasteiger partial charge in [-0.15, -0.1) is 0 Å². The first-order chi connectivity index (χ1) is 10.7. The van der Waals surface area contributed by atoms with Gasteiger partial charge in [-0.05, 0) is 48.5 Å². The Kier molecular flexibility index (Phi) is 4.76. The zero-order chi connectivity index (χ0) is 15.5. The van der Waals surface area contributed by atoms with Gasteiger partial charge in [0.15, 0.2) is 0 Å². The number of anilines is 2. The van der Waals surface area contributed by atoms with E-state index in [2.05, 4.69) is 21.9 Å². The van der Waals surface area contributed by atoms with Crippen molar-refractivity contribution in [1.29, 1.82) is 0 Å². The van der Waals surface area contributed by atoms with Gasteiger partial charge in [0, 0.05) is 16.4 Å². The van der Waals surface area contributed by atoms with Crippen molar-refractivity contribution in [2.45, 2.75) is 0 Å². The van der Waals surface area contributed by atoms with E-state index in [1.165, 1.54) is 0 Å². The first-order valence-corrected chi connectivity index (χ1v) is 8.53. The Labute approximate surface area is 144 Å². The van der Waals surface area contributed by atoms with Gasteiger partial charge < -0.3 is 14.5 Å². The molecule has 0 radical (unpaired) electrons. The molecule has 22 heavy (non-hydrogen) atoms. The van der Waals surface area contributed by atoms with Crippen LogP contribution in [-0.4, -0.2) is 24.0 Å². The molecule has 1 heterocycles. The van der Waals surface area contributed by atoms with E-state index in [4.69, 9.17) is 28.6 Å². The van der Waals surface area contributed by atoms with Crippen molar-refractivity contribution in [1.82, 2.24) is 0 Å². The largest absolute Gasteiger partial charge is 0.497 e. The summed E-state index contributed by atoms with van der Waals surface area (Å²) in [5.74, 6) is 1.70. The molecule has 3 nitrogen and oxygen atoms in total. The molecule has 0 aromatic heterocycles. The molecule has 0 unspecified atom stereocenters. The second-order valence-electron chi connectivity index (χ2n) is 4.82. The first-order valence-electron chi connectivity index (χ1n) is 6.76. The van der Waals surface area contributed by atoms with Crippen LogP contribution in [0.1, 0.15) is 0 Å². The van der Waals surface area contributed by atoms with E-state index in [-0.39, 0.29) is 0 Å². The van der Waals surface area contributed by atoms with Crippen LogP contribution in [0.2, 0.25) is 5.02 Å². The van der Waals surface area contributed by atoms with E-state index in [9.17, 15) is 0 Å². The average molecular weight is 351 g/mol. The van der Waals surface area contributed by atoms with Crippen molar-refractivity contribution in [3.63, 3.8) is 0 Å². The molecule has 6 heteroatoms. The molecule has 2 aromatic carbocycles. The van der Waals surface area contributed by atoms with Gasteiger partial charge in [-0.1, -0.05) is 35.6 Å². The van der Waals surface area contributed by atoms with Gasteiger partial charge in [0.1, 0.15) is 10.1 Å². The molecule has 0 N–H and O–H groups in total. The topological polar surface area (TPSA) is 15.7 Å². The van der Waals surface area contributed by atoms with Crippen LogP contribution in [0.15, 0.2) is 48.5 Å². The fourth-order valence-electron chi connectivity index (χ4n) is 2.24. The maximum absolute atomic E-state index is 5.96. The number of ether oxygens (including phenoxy) is 1. The summed E-state index contributed by atoms with van der Waals surface area (Å²) in [6, 6.07) is 15.8. The van der Waals surface area contributed by atoms with Crippen LogP contribution in [0.4, 0.5) is 11.4 Å². The Bertz CT molecular complexity index is 661. The quantitative estimate of drug-likeness (QED) is 0.749. The van der Waals surface area contributed by atoms with Crippen molar-refractivity contribution >= 4 is 51.3 Å². The van der Waals surface area contributed by atoms with Crippen LogP contribution in [-0.2, 0) is 0 Å².